The molecule has 15 heavy (non-hydrogen) atoms. The number of H-pyrrole nitrogens is 1. The predicted molar refractivity (Wildman–Crippen MR) is 55.1 cm³/mol. The number of nitrogens with two attached hydrogens (primary N) is 1. The zero-order valence-electron chi connectivity index (χ0n) is 8.73. The lowest BCUT2D eigenvalue weighted by Gasteiger charge is -2.30. The lowest BCUT2D eigenvalue weighted by Crippen LogP contribution is -2.39. The summed E-state index contributed by atoms with van der Waals surface area (Å²) < 4.78 is 0. The number of hydrogen-bond donors (Lipinski definition) is 2. The Kier molecular flexibility index (Phi) is 2.57. The molecule has 1 amide bonds. The number of nitrogen functional groups attached to an aromatic ring is 1. The fraction of sp³-hybridized carbons (Fsp3) is 0.667. The number of nitrogens with zero attached hydrogens (tertiary/aromatic N) is 3. The Bertz CT molecular complexity index is 361. The first-order chi connectivity index (χ1) is 7.16. The quantitative estimate of drug-likeness (QED) is 0.694. The van der Waals surface area contributed by atoms with Crippen molar-refractivity contribution in [3.63, 3.8) is 0 Å². The van der Waals surface area contributed by atoms with Crippen LogP contribution in [0.25, 0.3) is 0 Å². The molecule has 6 nitrogen and oxygen atoms in total. The summed E-state index contributed by atoms with van der Waals surface area (Å²) in [5.41, 5.74) is 5.35. The summed E-state index contributed by atoms with van der Waals surface area (Å²) >= 11 is 0. The molecule has 0 radical (unpaired) electrons. The van der Waals surface area contributed by atoms with Crippen molar-refractivity contribution in [3.8, 4) is 0 Å². The van der Waals surface area contributed by atoms with Crippen molar-refractivity contribution >= 4 is 11.9 Å². The van der Waals surface area contributed by atoms with Crippen molar-refractivity contribution in [1.29, 1.82) is 0 Å². The Morgan fingerprint density at radius 1 is 1.67 bits per heavy atom. The van der Waals surface area contributed by atoms with Gasteiger partial charge in [-0.2, -0.15) is 4.98 Å². The number of anilines is 1. The second-order valence-corrected chi connectivity index (χ2v) is 4.04. The highest BCUT2D eigenvalue weighted by Crippen LogP contribution is 2.16. The molecule has 0 spiro atoms. The van der Waals surface area contributed by atoms with E-state index in [1.165, 1.54) is 6.42 Å². The molecule has 2 rings (SSSR count). The fourth-order valence-corrected chi connectivity index (χ4v) is 1.89. The van der Waals surface area contributed by atoms with E-state index < -0.39 is 0 Å². The van der Waals surface area contributed by atoms with Crippen LogP contribution in [0.15, 0.2) is 0 Å². The third kappa shape index (κ3) is 2.08. The van der Waals surface area contributed by atoms with Crippen molar-refractivity contribution in [2.75, 3.05) is 18.8 Å². The Labute approximate surface area is 87.9 Å². The summed E-state index contributed by atoms with van der Waals surface area (Å²) in [6.45, 7) is 3.73. The summed E-state index contributed by atoms with van der Waals surface area (Å²) in [6.07, 6.45) is 2.23. The maximum Gasteiger partial charge on any atom is 0.291 e. The minimum Gasteiger partial charge on any atom is -0.366 e. The molecule has 0 saturated carbocycles. The van der Waals surface area contributed by atoms with Crippen LogP contribution in [-0.4, -0.2) is 39.1 Å². The molecule has 1 aliphatic rings. The second kappa shape index (κ2) is 3.88. The molecule has 1 aromatic rings. The third-order valence-electron chi connectivity index (χ3n) is 2.65. The van der Waals surface area contributed by atoms with E-state index >= 15 is 0 Å². The van der Waals surface area contributed by atoms with Gasteiger partial charge in [-0.05, 0) is 18.8 Å². The Balaban J connectivity index is 2.07. The molecular weight excluding hydrogens is 194 g/mol. The normalized spacial score (nSPS) is 21.7. The molecule has 1 unspecified atom stereocenters. The monoisotopic (exact) mass is 209 g/mol. The van der Waals surface area contributed by atoms with E-state index in [2.05, 4.69) is 22.1 Å². The highest BCUT2D eigenvalue weighted by atomic mass is 16.2. The zero-order valence-corrected chi connectivity index (χ0v) is 8.73. The summed E-state index contributed by atoms with van der Waals surface area (Å²) in [4.78, 5) is 17.5. The first kappa shape index (κ1) is 9.95. The number of carbonyl (C=O) groups is 1. The van der Waals surface area contributed by atoms with Crippen LogP contribution in [0.4, 0.5) is 5.95 Å². The first-order valence-corrected chi connectivity index (χ1v) is 5.14. The number of aromatic amines is 1. The van der Waals surface area contributed by atoms with Gasteiger partial charge >= 0.3 is 0 Å². The number of aromatic nitrogens is 3. The number of rotatable bonds is 1. The SMILES string of the molecule is CC1CCCN(C(=O)c2nc(N)n[nH]2)C1. The number of hydrogen-bond acceptors (Lipinski definition) is 4. The summed E-state index contributed by atoms with van der Waals surface area (Å²) in [5, 5.41) is 6.19. The Morgan fingerprint density at radius 2 is 2.47 bits per heavy atom. The first-order valence-electron chi connectivity index (χ1n) is 5.14. The van der Waals surface area contributed by atoms with Crippen molar-refractivity contribution in [2.24, 2.45) is 5.92 Å². The van der Waals surface area contributed by atoms with E-state index in [-0.39, 0.29) is 17.7 Å². The Morgan fingerprint density at radius 3 is 3.07 bits per heavy atom. The highest BCUT2D eigenvalue weighted by Gasteiger charge is 2.24. The van der Waals surface area contributed by atoms with Gasteiger partial charge in [0, 0.05) is 13.1 Å². The van der Waals surface area contributed by atoms with Gasteiger partial charge in [0.1, 0.15) is 0 Å². The number of piperidine rings is 1. The minimum atomic E-state index is -0.106. The van der Waals surface area contributed by atoms with Gasteiger partial charge in [-0.25, -0.2) is 0 Å². The van der Waals surface area contributed by atoms with E-state index in [0.717, 1.165) is 19.5 Å². The van der Waals surface area contributed by atoms with Crippen molar-refractivity contribution in [3.05, 3.63) is 5.82 Å². The zero-order chi connectivity index (χ0) is 10.8. The standard InChI is InChI=1S/C9H15N5O/c1-6-3-2-4-14(5-6)8(15)7-11-9(10)13-12-7/h6H,2-5H2,1H3,(H3,10,11,12,13). The van der Waals surface area contributed by atoms with Gasteiger partial charge in [-0.1, -0.05) is 6.92 Å². The van der Waals surface area contributed by atoms with Crippen molar-refractivity contribution < 1.29 is 4.79 Å². The summed E-state index contributed by atoms with van der Waals surface area (Å²) in [5.74, 6) is 0.804. The third-order valence-corrected chi connectivity index (χ3v) is 2.65. The molecule has 1 fully saturated rings. The number of amides is 1. The van der Waals surface area contributed by atoms with Gasteiger partial charge in [-0.15, -0.1) is 5.10 Å². The van der Waals surface area contributed by atoms with Crippen LogP contribution in [0, 0.1) is 5.92 Å². The smallest absolute Gasteiger partial charge is 0.291 e. The summed E-state index contributed by atoms with van der Waals surface area (Å²) in [6, 6.07) is 0. The van der Waals surface area contributed by atoms with Crippen LogP contribution in [0.2, 0.25) is 0 Å². The second-order valence-electron chi connectivity index (χ2n) is 4.04. The van der Waals surface area contributed by atoms with Gasteiger partial charge < -0.3 is 10.6 Å². The van der Waals surface area contributed by atoms with Gasteiger partial charge in [-0.3, -0.25) is 9.89 Å². The van der Waals surface area contributed by atoms with Crippen molar-refractivity contribution in [1.82, 2.24) is 20.1 Å². The average molecular weight is 209 g/mol. The molecular formula is C9H15N5O. The molecule has 3 N–H and O–H groups in total. The van der Waals surface area contributed by atoms with Crippen LogP contribution in [-0.2, 0) is 0 Å². The van der Waals surface area contributed by atoms with E-state index in [0.29, 0.717) is 5.92 Å². The van der Waals surface area contributed by atoms with E-state index in [4.69, 9.17) is 5.73 Å². The largest absolute Gasteiger partial charge is 0.366 e. The Hall–Kier alpha value is -1.59. The molecule has 0 aliphatic carbocycles. The average Bonchev–Trinajstić information content (AvgIpc) is 2.64. The fourth-order valence-electron chi connectivity index (χ4n) is 1.89. The van der Waals surface area contributed by atoms with E-state index in [1.54, 1.807) is 4.90 Å². The van der Waals surface area contributed by atoms with Crippen LogP contribution in [0.3, 0.4) is 0 Å². The lowest BCUT2D eigenvalue weighted by molar-refractivity contribution is 0.0671. The van der Waals surface area contributed by atoms with Crippen LogP contribution < -0.4 is 5.73 Å². The lowest BCUT2D eigenvalue weighted by atomic mass is 10.0. The number of nitrogens with one attached hydrogen (secondary N) is 1. The van der Waals surface area contributed by atoms with Gasteiger partial charge in [0.25, 0.3) is 5.91 Å². The van der Waals surface area contributed by atoms with Gasteiger partial charge in [0.15, 0.2) is 0 Å². The minimum absolute atomic E-state index is 0.106. The van der Waals surface area contributed by atoms with Crippen LogP contribution in [0.1, 0.15) is 30.4 Å². The summed E-state index contributed by atoms with van der Waals surface area (Å²) in [7, 11) is 0. The van der Waals surface area contributed by atoms with Crippen LogP contribution in [0.5, 0.6) is 0 Å². The van der Waals surface area contributed by atoms with E-state index in [9.17, 15) is 4.79 Å². The topological polar surface area (TPSA) is 87.9 Å². The van der Waals surface area contributed by atoms with Gasteiger partial charge in [0.05, 0.1) is 0 Å². The molecule has 6 heteroatoms. The van der Waals surface area contributed by atoms with Crippen molar-refractivity contribution in [2.45, 2.75) is 19.8 Å². The molecule has 2 heterocycles. The number of carbonyl (C=O) groups excluding carboxylic acids is 1. The number of likely N-dealkylation sites (tertiary alicyclic amines) is 1. The molecule has 0 aromatic carbocycles. The molecule has 1 aromatic heterocycles. The van der Waals surface area contributed by atoms with E-state index in [1.807, 2.05) is 0 Å². The van der Waals surface area contributed by atoms with Gasteiger partial charge in [0.2, 0.25) is 11.8 Å². The predicted octanol–water partition coefficient (Wildman–Crippen LogP) is 0.259. The molecule has 0 bridgehead atoms. The molecule has 1 atom stereocenters. The highest BCUT2D eigenvalue weighted by molar-refractivity contribution is 5.90. The van der Waals surface area contributed by atoms with Crippen LogP contribution >= 0.6 is 0 Å². The molecule has 1 saturated heterocycles. The molecule has 1 aliphatic heterocycles. The molecule has 82 valence electrons. The maximum atomic E-state index is 11.9. The maximum absolute atomic E-state index is 11.9.